The van der Waals surface area contributed by atoms with E-state index in [1.807, 2.05) is 48.5 Å². The third kappa shape index (κ3) is 3.16. The van der Waals surface area contributed by atoms with Crippen molar-refractivity contribution in [2.45, 2.75) is 6.04 Å². The Morgan fingerprint density at radius 1 is 1.10 bits per heavy atom. The van der Waals surface area contributed by atoms with Gasteiger partial charge in [-0.25, -0.2) is 0 Å². The molecule has 2 aromatic carbocycles. The standard InChI is InChI=1S/C16H18N2O2/c1-17-14-10-6-5-9-13(14)16(20)18-15(11-19)12-7-3-2-4-8-12/h2-10,15,17,19H,11H2,1H3,(H,18,20). The quantitative estimate of drug-likeness (QED) is 0.780. The number of anilines is 1. The number of benzene rings is 2. The van der Waals surface area contributed by atoms with Gasteiger partial charge in [-0.2, -0.15) is 0 Å². The molecule has 20 heavy (non-hydrogen) atoms. The molecule has 1 amide bonds. The lowest BCUT2D eigenvalue weighted by molar-refractivity contribution is 0.0917. The van der Waals surface area contributed by atoms with Crippen LogP contribution in [0.3, 0.4) is 0 Å². The highest BCUT2D eigenvalue weighted by atomic mass is 16.3. The molecule has 4 nitrogen and oxygen atoms in total. The molecule has 0 aliphatic carbocycles. The fraction of sp³-hybridized carbons (Fsp3) is 0.188. The highest BCUT2D eigenvalue weighted by Crippen LogP contribution is 2.17. The first-order chi connectivity index (χ1) is 9.76. The molecule has 0 spiro atoms. The number of carbonyl (C=O) groups is 1. The van der Waals surface area contributed by atoms with Crippen molar-refractivity contribution in [3.63, 3.8) is 0 Å². The molecule has 2 rings (SSSR count). The van der Waals surface area contributed by atoms with E-state index in [-0.39, 0.29) is 12.5 Å². The van der Waals surface area contributed by atoms with Crippen molar-refractivity contribution in [3.8, 4) is 0 Å². The summed E-state index contributed by atoms with van der Waals surface area (Å²) in [6.45, 7) is -0.141. The van der Waals surface area contributed by atoms with Crippen LogP contribution in [-0.2, 0) is 0 Å². The number of nitrogens with one attached hydrogen (secondary N) is 2. The minimum atomic E-state index is -0.409. The normalized spacial score (nSPS) is 11.7. The molecule has 0 aliphatic rings. The lowest BCUT2D eigenvalue weighted by atomic mass is 10.1. The summed E-state index contributed by atoms with van der Waals surface area (Å²) in [6, 6.07) is 16.3. The summed E-state index contributed by atoms with van der Waals surface area (Å²) in [5.41, 5.74) is 2.20. The summed E-state index contributed by atoms with van der Waals surface area (Å²) in [6.07, 6.45) is 0. The minimum Gasteiger partial charge on any atom is -0.394 e. The molecular weight excluding hydrogens is 252 g/mol. The highest BCUT2D eigenvalue weighted by Gasteiger charge is 2.16. The van der Waals surface area contributed by atoms with Crippen LogP contribution in [0.25, 0.3) is 0 Å². The van der Waals surface area contributed by atoms with Crippen LogP contribution in [0, 0.1) is 0 Å². The van der Waals surface area contributed by atoms with Gasteiger partial charge in [0.2, 0.25) is 0 Å². The van der Waals surface area contributed by atoms with E-state index in [1.165, 1.54) is 0 Å². The van der Waals surface area contributed by atoms with Crippen molar-refractivity contribution in [3.05, 3.63) is 65.7 Å². The maximum absolute atomic E-state index is 12.3. The Hall–Kier alpha value is -2.33. The van der Waals surface area contributed by atoms with E-state index in [9.17, 15) is 9.90 Å². The first-order valence-electron chi connectivity index (χ1n) is 6.49. The zero-order chi connectivity index (χ0) is 14.4. The van der Waals surface area contributed by atoms with Gasteiger partial charge in [0, 0.05) is 12.7 Å². The number of aliphatic hydroxyl groups is 1. The third-order valence-corrected chi connectivity index (χ3v) is 3.13. The number of para-hydroxylation sites is 1. The van der Waals surface area contributed by atoms with Gasteiger partial charge in [-0.3, -0.25) is 4.79 Å². The largest absolute Gasteiger partial charge is 0.394 e. The highest BCUT2D eigenvalue weighted by molar-refractivity contribution is 5.99. The zero-order valence-corrected chi connectivity index (χ0v) is 11.3. The van der Waals surface area contributed by atoms with Gasteiger partial charge in [0.15, 0.2) is 0 Å². The number of carbonyl (C=O) groups excluding carboxylic acids is 1. The molecule has 0 aliphatic heterocycles. The predicted octanol–water partition coefficient (Wildman–Crippen LogP) is 2.19. The maximum Gasteiger partial charge on any atom is 0.253 e. The number of hydrogen-bond donors (Lipinski definition) is 3. The van der Waals surface area contributed by atoms with Crippen molar-refractivity contribution in [1.82, 2.24) is 5.32 Å². The minimum absolute atomic E-state index is 0.141. The average molecular weight is 270 g/mol. The fourth-order valence-electron chi connectivity index (χ4n) is 2.05. The van der Waals surface area contributed by atoms with Gasteiger partial charge >= 0.3 is 0 Å². The van der Waals surface area contributed by atoms with Crippen LogP contribution >= 0.6 is 0 Å². The second-order valence-corrected chi connectivity index (χ2v) is 4.41. The Balaban J connectivity index is 2.18. The number of rotatable bonds is 5. The number of hydrogen-bond acceptors (Lipinski definition) is 3. The topological polar surface area (TPSA) is 61.4 Å². The van der Waals surface area contributed by atoms with Crippen LogP contribution in [0.5, 0.6) is 0 Å². The summed E-state index contributed by atoms with van der Waals surface area (Å²) in [7, 11) is 1.77. The zero-order valence-electron chi connectivity index (χ0n) is 11.3. The van der Waals surface area contributed by atoms with E-state index in [4.69, 9.17) is 0 Å². The first-order valence-corrected chi connectivity index (χ1v) is 6.49. The van der Waals surface area contributed by atoms with Crippen LogP contribution in [-0.4, -0.2) is 24.7 Å². The Morgan fingerprint density at radius 3 is 2.40 bits per heavy atom. The lowest BCUT2D eigenvalue weighted by Gasteiger charge is -2.18. The van der Waals surface area contributed by atoms with Gasteiger partial charge in [0.25, 0.3) is 5.91 Å². The van der Waals surface area contributed by atoms with Gasteiger partial charge in [0.1, 0.15) is 0 Å². The molecule has 3 N–H and O–H groups in total. The van der Waals surface area contributed by atoms with Gasteiger partial charge in [-0.05, 0) is 17.7 Å². The molecule has 0 saturated heterocycles. The van der Waals surface area contributed by atoms with Crippen LogP contribution < -0.4 is 10.6 Å². The summed E-state index contributed by atoms with van der Waals surface area (Å²) < 4.78 is 0. The van der Waals surface area contributed by atoms with Crippen LogP contribution in [0.2, 0.25) is 0 Å². The Kier molecular flexibility index (Phi) is 4.74. The maximum atomic E-state index is 12.3. The smallest absolute Gasteiger partial charge is 0.253 e. The van der Waals surface area contributed by atoms with E-state index < -0.39 is 6.04 Å². The Labute approximate surface area is 118 Å². The third-order valence-electron chi connectivity index (χ3n) is 3.13. The second kappa shape index (κ2) is 6.73. The van der Waals surface area contributed by atoms with Gasteiger partial charge in [-0.1, -0.05) is 42.5 Å². The van der Waals surface area contributed by atoms with Crippen molar-refractivity contribution < 1.29 is 9.90 Å². The van der Waals surface area contributed by atoms with Crippen molar-refractivity contribution in [2.75, 3.05) is 19.0 Å². The van der Waals surface area contributed by atoms with Crippen molar-refractivity contribution in [1.29, 1.82) is 0 Å². The lowest BCUT2D eigenvalue weighted by Crippen LogP contribution is -2.31. The fourth-order valence-corrected chi connectivity index (χ4v) is 2.05. The molecule has 2 aromatic rings. The van der Waals surface area contributed by atoms with E-state index in [0.29, 0.717) is 5.56 Å². The van der Waals surface area contributed by atoms with E-state index in [2.05, 4.69) is 10.6 Å². The monoisotopic (exact) mass is 270 g/mol. The Morgan fingerprint density at radius 2 is 1.75 bits per heavy atom. The van der Waals surface area contributed by atoms with Crippen molar-refractivity contribution >= 4 is 11.6 Å². The van der Waals surface area contributed by atoms with E-state index in [0.717, 1.165) is 11.3 Å². The molecule has 0 saturated carbocycles. The molecule has 1 unspecified atom stereocenters. The van der Waals surface area contributed by atoms with E-state index >= 15 is 0 Å². The molecule has 0 aromatic heterocycles. The molecular formula is C16H18N2O2. The molecule has 0 radical (unpaired) electrons. The molecule has 1 atom stereocenters. The predicted molar refractivity (Wildman–Crippen MR) is 79.7 cm³/mol. The molecule has 0 bridgehead atoms. The molecule has 0 heterocycles. The molecule has 0 fully saturated rings. The summed E-state index contributed by atoms with van der Waals surface area (Å²) >= 11 is 0. The summed E-state index contributed by atoms with van der Waals surface area (Å²) in [5, 5.41) is 15.3. The molecule has 4 heteroatoms. The Bertz CT molecular complexity index is 570. The number of aliphatic hydroxyl groups excluding tert-OH is 1. The average Bonchev–Trinajstić information content (AvgIpc) is 2.53. The number of amides is 1. The van der Waals surface area contributed by atoms with Gasteiger partial charge in [0.05, 0.1) is 18.2 Å². The second-order valence-electron chi connectivity index (χ2n) is 4.41. The summed E-state index contributed by atoms with van der Waals surface area (Å²) in [4.78, 5) is 12.3. The van der Waals surface area contributed by atoms with Gasteiger partial charge < -0.3 is 15.7 Å². The van der Waals surface area contributed by atoms with Crippen LogP contribution in [0.4, 0.5) is 5.69 Å². The summed E-state index contributed by atoms with van der Waals surface area (Å²) in [5.74, 6) is -0.210. The van der Waals surface area contributed by atoms with Crippen LogP contribution in [0.15, 0.2) is 54.6 Å². The molecule has 104 valence electrons. The van der Waals surface area contributed by atoms with E-state index in [1.54, 1.807) is 13.1 Å². The SMILES string of the molecule is CNc1ccccc1C(=O)NC(CO)c1ccccc1. The van der Waals surface area contributed by atoms with Gasteiger partial charge in [-0.15, -0.1) is 0 Å². The first kappa shape index (κ1) is 14.1. The van der Waals surface area contributed by atoms with Crippen molar-refractivity contribution in [2.24, 2.45) is 0 Å². The van der Waals surface area contributed by atoms with Crippen LogP contribution in [0.1, 0.15) is 22.0 Å².